The van der Waals surface area contributed by atoms with E-state index in [2.05, 4.69) is 19.7 Å². The number of nitrogens with two attached hydrogens (primary N) is 1. The number of hydrogen-bond acceptors (Lipinski definition) is 5. The van der Waals surface area contributed by atoms with Crippen LogP contribution >= 0.6 is 0 Å². The van der Waals surface area contributed by atoms with E-state index in [-0.39, 0.29) is 5.69 Å². The van der Waals surface area contributed by atoms with Gasteiger partial charge >= 0.3 is 5.97 Å². The fraction of sp³-hybridized carbons (Fsp3) is 0.417. The van der Waals surface area contributed by atoms with Gasteiger partial charge in [0.25, 0.3) is 0 Å². The topological polar surface area (TPSA) is 98.8 Å². The number of aromatic nitrogens is 4. The summed E-state index contributed by atoms with van der Waals surface area (Å²) in [7, 11) is 1.31. The molecular weight excluding hydrogens is 246 g/mol. The summed E-state index contributed by atoms with van der Waals surface area (Å²) in [6, 6.07) is 0. The lowest BCUT2D eigenvalue weighted by Crippen LogP contribution is -2.11. The van der Waals surface area contributed by atoms with Crippen LogP contribution in [0.5, 0.6) is 0 Å². The number of hydrogen-bond donors (Lipinski definition) is 2. The molecule has 7 nitrogen and oxygen atoms in total. The number of nitrogen functional groups attached to an aromatic ring is 1. The highest BCUT2D eigenvalue weighted by atomic mass is 16.5. The summed E-state index contributed by atoms with van der Waals surface area (Å²) in [5, 5.41) is 0. The normalized spacial score (nSPS) is 10.6. The van der Waals surface area contributed by atoms with Crippen LogP contribution in [0, 0.1) is 0 Å². The van der Waals surface area contributed by atoms with E-state index in [1.54, 1.807) is 12.4 Å². The summed E-state index contributed by atoms with van der Waals surface area (Å²) in [6.45, 7) is 2.58. The second kappa shape index (κ2) is 5.55. The van der Waals surface area contributed by atoms with Crippen molar-refractivity contribution in [2.24, 2.45) is 0 Å². The summed E-state index contributed by atoms with van der Waals surface area (Å²) in [5.41, 5.74) is 6.14. The smallest absolute Gasteiger partial charge is 0.360 e. The predicted octanol–water partition coefficient (Wildman–Crippen LogP) is 0.780. The molecule has 0 aliphatic heterocycles. The third-order valence-corrected chi connectivity index (χ3v) is 2.91. The maximum absolute atomic E-state index is 11.6. The van der Waals surface area contributed by atoms with Gasteiger partial charge in [0, 0.05) is 31.8 Å². The molecule has 0 saturated heterocycles. The molecule has 3 N–H and O–H groups in total. The standard InChI is InChI=1S/C12H17N5O2/c1-3-9-16-10(12(18)19-2)11(13)17(9)7-4-8-14-5-6-15-8/h5-6H,3-4,7,13H2,1-2H3,(H,14,15). The molecule has 0 amide bonds. The summed E-state index contributed by atoms with van der Waals surface area (Å²) in [4.78, 5) is 23.0. The average molecular weight is 263 g/mol. The number of rotatable bonds is 5. The minimum atomic E-state index is -0.510. The van der Waals surface area contributed by atoms with Crippen LogP contribution in [-0.2, 0) is 24.1 Å². The van der Waals surface area contributed by atoms with Gasteiger partial charge in [-0.05, 0) is 0 Å². The van der Waals surface area contributed by atoms with E-state index in [4.69, 9.17) is 5.73 Å². The van der Waals surface area contributed by atoms with E-state index in [9.17, 15) is 4.79 Å². The average Bonchev–Trinajstić information content (AvgIpc) is 3.03. The quantitative estimate of drug-likeness (QED) is 0.777. The van der Waals surface area contributed by atoms with Crippen molar-refractivity contribution in [3.63, 3.8) is 0 Å². The van der Waals surface area contributed by atoms with Crippen LogP contribution in [0.3, 0.4) is 0 Å². The van der Waals surface area contributed by atoms with Crippen LogP contribution in [0.2, 0.25) is 0 Å². The highest BCUT2D eigenvalue weighted by Gasteiger charge is 2.20. The highest BCUT2D eigenvalue weighted by Crippen LogP contribution is 2.16. The number of aromatic amines is 1. The van der Waals surface area contributed by atoms with Gasteiger partial charge < -0.3 is 20.0 Å². The van der Waals surface area contributed by atoms with Crippen LogP contribution in [0.1, 0.15) is 29.1 Å². The molecule has 2 heterocycles. The second-order valence-electron chi connectivity index (χ2n) is 4.04. The number of H-pyrrole nitrogens is 1. The molecule has 0 aliphatic carbocycles. The minimum absolute atomic E-state index is 0.179. The molecule has 0 atom stereocenters. The SMILES string of the molecule is CCc1nc(C(=O)OC)c(N)n1CCc1ncc[nH]1. The monoisotopic (exact) mass is 263 g/mol. The van der Waals surface area contributed by atoms with Crippen molar-refractivity contribution in [2.75, 3.05) is 12.8 Å². The summed E-state index contributed by atoms with van der Waals surface area (Å²) < 4.78 is 6.50. The molecule has 0 spiro atoms. The Bertz CT molecular complexity index is 559. The highest BCUT2D eigenvalue weighted by molar-refractivity contribution is 5.92. The van der Waals surface area contributed by atoms with E-state index >= 15 is 0 Å². The van der Waals surface area contributed by atoms with E-state index in [1.807, 2.05) is 11.5 Å². The molecule has 0 radical (unpaired) electrons. The van der Waals surface area contributed by atoms with Crippen molar-refractivity contribution in [1.82, 2.24) is 19.5 Å². The van der Waals surface area contributed by atoms with Gasteiger partial charge in [-0.1, -0.05) is 6.92 Å². The largest absolute Gasteiger partial charge is 0.464 e. The summed E-state index contributed by atoms with van der Waals surface area (Å²) in [6.07, 6.45) is 4.86. The van der Waals surface area contributed by atoms with Crippen molar-refractivity contribution in [3.05, 3.63) is 29.7 Å². The van der Waals surface area contributed by atoms with Crippen molar-refractivity contribution >= 4 is 11.8 Å². The third-order valence-electron chi connectivity index (χ3n) is 2.91. The van der Waals surface area contributed by atoms with Crippen LogP contribution < -0.4 is 5.73 Å². The van der Waals surface area contributed by atoms with Gasteiger partial charge in [-0.25, -0.2) is 14.8 Å². The van der Waals surface area contributed by atoms with E-state index in [0.717, 1.165) is 11.6 Å². The van der Waals surface area contributed by atoms with Gasteiger partial charge in [0.05, 0.1) is 7.11 Å². The predicted molar refractivity (Wildman–Crippen MR) is 69.6 cm³/mol. The van der Waals surface area contributed by atoms with Gasteiger partial charge in [0.15, 0.2) is 5.69 Å². The molecule has 0 aliphatic rings. The third kappa shape index (κ3) is 2.59. The molecule has 0 aromatic carbocycles. The number of ether oxygens (including phenoxy) is 1. The number of nitrogens with zero attached hydrogens (tertiary/aromatic N) is 3. The lowest BCUT2D eigenvalue weighted by molar-refractivity contribution is 0.0595. The van der Waals surface area contributed by atoms with Crippen LogP contribution in [-0.4, -0.2) is 32.6 Å². The van der Waals surface area contributed by atoms with Crippen molar-refractivity contribution in [3.8, 4) is 0 Å². The second-order valence-corrected chi connectivity index (χ2v) is 4.04. The number of nitrogens with one attached hydrogen (secondary N) is 1. The van der Waals surface area contributed by atoms with Gasteiger partial charge in [-0.2, -0.15) is 0 Å². The molecule has 102 valence electrons. The van der Waals surface area contributed by atoms with Gasteiger partial charge in [-0.3, -0.25) is 0 Å². The molecule has 2 aromatic rings. The first-order valence-electron chi connectivity index (χ1n) is 6.08. The maximum Gasteiger partial charge on any atom is 0.360 e. The number of methoxy groups -OCH3 is 1. The zero-order valence-electron chi connectivity index (χ0n) is 11.0. The summed E-state index contributed by atoms with van der Waals surface area (Å²) in [5.74, 6) is 1.47. The van der Waals surface area contributed by atoms with Crippen molar-refractivity contribution < 1.29 is 9.53 Å². The van der Waals surface area contributed by atoms with Gasteiger partial charge in [0.1, 0.15) is 17.5 Å². The Morgan fingerprint density at radius 1 is 1.58 bits per heavy atom. The number of anilines is 1. The number of imidazole rings is 2. The molecule has 0 saturated carbocycles. The molecule has 2 aromatic heterocycles. The van der Waals surface area contributed by atoms with E-state index in [1.165, 1.54) is 7.11 Å². The lowest BCUT2D eigenvalue weighted by Gasteiger charge is -2.07. The maximum atomic E-state index is 11.6. The number of aryl methyl sites for hydroxylation is 2. The first-order chi connectivity index (χ1) is 9.17. The van der Waals surface area contributed by atoms with Crippen molar-refractivity contribution in [1.29, 1.82) is 0 Å². The van der Waals surface area contributed by atoms with Crippen molar-refractivity contribution in [2.45, 2.75) is 26.3 Å². The van der Waals surface area contributed by atoms with Gasteiger partial charge in [0.2, 0.25) is 0 Å². The van der Waals surface area contributed by atoms with E-state index in [0.29, 0.717) is 25.2 Å². The Balaban J connectivity index is 2.23. The van der Waals surface area contributed by atoms with Crippen LogP contribution in [0.4, 0.5) is 5.82 Å². The number of esters is 1. The number of carbonyl (C=O) groups is 1. The lowest BCUT2D eigenvalue weighted by atomic mass is 10.3. The molecule has 7 heteroatoms. The minimum Gasteiger partial charge on any atom is -0.464 e. The van der Waals surface area contributed by atoms with Gasteiger partial charge in [-0.15, -0.1) is 0 Å². The fourth-order valence-electron chi connectivity index (χ4n) is 1.93. The Morgan fingerprint density at radius 3 is 2.95 bits per heavy atom. The first-order valence-corrected chi connectivity index (χ1v) is 6.08. The molecule has 2 rings (SSSR count). The Hall–Kier alpha value is -2.31. The summed E-state index contributed by atoms with van der Waals surface area (Å²) >= 11 is 0. The molecule has 0 bridgehead atoms. The Kier molecular flexibility index (Phi) is 3.84. The van der Waals surface area contributed by atoms with Crippen LogP contribution in [0.15, 0.2) is 12.4 Å². The molecule has 0 unspecified atom stereocenters. The molecular formula is C12H17N5O2. The molecule has 19 heavy (non-hydrogen) atoms. The first kappa shape index (κ1) is 13.1. The molecule has 0 fully saturated rings. The number of carbonyl (C=O) groups excluding carboxylic acids is 1. The van der Waals surface area contributed by atoms with Crippen LogP contribution in [0.25, 0.3) is 0 Å². The zero-order valence-corrected chi connectivity index (χ0v) is 11.0. The zero-order chi connectivity index (χ0) is 13.8. The Morgan fingerprint density at radius 2 is 2.37 bits per heavy atom. The van der Waals surface area contributed by atoms with E-state index < -0.39 is 5.97 Å². The fourth-order valence-corrected chi connectivity index (χ4v) is 1.93. The Labute approximate surface area is 110 Å².